The largest absolute Gasteiger partial charge is 0.436 e. The van der Waals surface area contributed by atoms with Gasteiger partial charge in [0.25, 0.3) is 0 Å². The number of esters is 1. The van der Waals surface area contributed by atoms with Crippen LogP contribution >= 0.6 is 0 Å². The molecule has 1 aliphatic heterocycles. The number of hydrogen-bond donors (Lipinski definition) is 1. The van der Waals surface area contributed by atoms with E-state index in [0.717, 1.165) is 12.8 Å². The molecular weight excluding hydrogens is 132 g/mol. The second-order valence-electron chi connectivity index (χ2n) is 2.72. The number of carbonyl (C=O) groups is 1. The summed E-state index contributed by atoms with van der Waals surface area (Å²) < 4.78 is 4.64. The van der Waals surface area contributed by atoms with Crippen LogP contribution in [0.5, 0.6) is 0 Å². The van der Waals surface area contributed by atoms with Crippen molar-refractivity contribution >= 4 is 5.97 Å². The third-order valence-electron chi connectivity index (χ3n) is 1.74. The normalized spacial score (nSPS) is 34.8. The number of aliphatic hydroxyl groups excluding tert-OH is 1. The summed E-state index contributed by atoms with van der Waals surface area (Å²) in [5, 5.41) is 8.93. The quantitative estimate of drug-likeness (QED) is 0.508. The van der Waals surface area contributed by atoms with E-state index in [-0.39, 0.29) is 11.9 Å². The van der Waals surface area contributed by atoms with E-state index < -0.39 is 6.29 Å². The van der Waals surface area contributed by atoms with Gasteiger partial charge in [-0.2, -0.15) is 0 Å². The lowest BCUT2D eigenvalue weighted by molar-refractivity contribution is -0.169. The fraction of sp³-hybridized carbons (Fsp3) is 0.857. The van der Waals surface area contributed by atoms with Gasteiger partial charge in [-0.15, -0.1) is 0 Å². The number of rotatable bonds is 0. The van der Waals surface area contributed by atoms with Gasteiger partial charge in [0.05, 0.1) is 5.92 Å². The standard InChI is InChI=1S/C7H12O3/c1-5-3-2-4-6(8)10-7(5)9/h5-6,8H,2-4H2,1H3. The van der Waals surface area contributed by atoms with Crippen LogP contribution < -0.4 is 0 Å². The molecule has 0 saturated carbocycles. The fourth-order valence-corrected chi connectivity index (χ4v) is 1.03. The maximum Gasteiger partial charge on any atom is 0.310 e. The first-order valence-corrected chi connectivity index (χ1v) is 3.58. The summed E-state index contributed by atoms with van der Waals surface area (Å²) in [6.45, 7) is 1.82. The van der Waals surface area contributed by atoms with Crippen molar-refractivity contribution in [3.05, 3.63) is 0 Å². The molecular formula is C7H12O3. The SMILES string of the molecule is CC1CCCC(O)OC1=O. The molecule has 2 atom stereocenters. The molecule has 1 rings (SSSR count). The molecule has 3 heteroatoms. The molecule has 1 aliphatic rings. The van der Waals surface area contributed by atoms with Gasteiger partial charge in [0, 0.05) is 6.42 Å². The van der Waals surface area contributed by atoms with Gasteiger partial charge in [0.2, 0.25) is 6.29 Å². The van der Waals surface area contributed by atoms with Crippen molar-refractivity contribution in [2.24, 2.45) is 5.92 Å². The zero-order chi connectivity index (χ0) is 7.56. The molecule has 0 bridgehead atoms. The molecule has 3 nitrogen and oxygen atoms in total. The summed E-state index contributed by atoms with van der Waals surface area (Å²) in [7, 11) is 0. The van der Waals surface area contributed by atoms with Crippen LogP contribution in [0.4, 0.5) is 0 Å². The average molecular weight is 144 g/mol. The van der Waals surface area contributed by atoms with Gasteiger partial charge in [-0.1, -0.05) is 6.92 Å². The smallest absolute Gasteiger partial charge is 0.310 e. The molecule has 0 spiro atoms. The maximum absolute atomic E-state index is 10.8. The molecule has 10 heavy (non-hydrogen) atoms. The van der Waals surface area contributed by atoms with Gasteiger partial charge in [-0.25, -0.2) is 0 Å². The van der Waals surface area contributed by atoms with Gasteiger partial charge >= 0.3 is 5.97 Å². The van der Waals surface area contributed by atoms with Crippen LogP contribution in [0, 0.1) is 5.92 Å². The minimum atomic E-state index is -0.863. The molecule has 1 fully saturated rings. The highest BCUT2D eigenvalue weighted by Gasteiger charge is 2.21. The van der Waals surface area contributed by atoms with Gasteiger partial charge < -0.3 is 9.84 Å². The van der Waals surface area contributed by atoms with E-state index in [1.807, 2.05) is 6.92 Å². The Kier molecular flexibility index (Phi) is 2.27. The summed E-state index contributed by atoms with van der Waals surface area (Å²) in [6.07, 6.45) is 1.41. The summed E-state index contributed by atoms with van der Waals surface area (Å²) >= 11 is 0. The Morgan fingerprint density at radius 2 is 2.30 bits per heavy atom. The van der Waals surface area contributed by atoms with E-state index in [1.54, 1.807) is 0 Å². The van der Waals surface area contributed by atoms with E-state index in [2.05, 4.69) is 4.74 Å². The Balaban J connectivity index is 2.49. The Bertz CT molecular complexity index is 133. The first-order chi connectivity index (χ1) is 4.70. The zero-order valence-electron chi connectivity index (χ0n) is 6.04. The molecule has 1 saturated heterocycles. The van der Waals surface area contributed by atoms with Crippen LogP contribution in [0.15, 0.2) is 0 Å². The fourth-order valence-electron chi connectivity index (χ4n) is 1.03. The van der Waals surface area contributed by atoms with Crippen molar-refractivity contribution in [3.63, 3.8) is 0 Å². The Hall–Kier alpha value is -0.570. The molecule has 2 unspecified atom stereocenters. The minimum Gasteiger partial charge on any atom is -0.436 e. The summed E-state index contributed by atoms with van der Waals surface area (Å²) in [4.78, 5) is 10.8. The summed E-state index contributed by atoms with van der Waals surface area (Å²) in [5.74, 6) is -0.317. The summed E-state index contributed by atoms with van der Waals surface area (Å²) in [5.41, 5.74) is 0. The Morgan fingerprint density at radius 1 is 1.60 bits per heavy atom. The van der Waals surface area contributed by atoms with E-state index in [1.165, 1.54) is 0 Å². The van der Waals surface area contributed by atoms with Crippen LogP contribution in [-0.4, -0.2) is 17.4 Å². The van der Waals surface area contributed by atoms with Crippen molar-refractivity contribution in [1.29, 1.82) is 0 Å². The van der Waals surface area contributed by atoms with E-state index in [9.17, 15) is 4.79 Å². The molecule has 0 aromatic rings. The molecule has 1 N–H and O–H groups in total. The number of ether oxygens (including phenoxy) is 1. The van der Waals surface area contributed by atoms with Crippen molar-refractivity contribution in [2.75, 3.05) is 0 Å². The van der Waals surface area contributed by atoms with Crippen LogP contribution in [0.25, 0.3) is 0 Å². The van der Waals surface area contributed by atoms with Crippen molar-refractivity contribution < 1.29 is 14.6 Å². The molecule has 1 heterocycles. The number of hydrogen-bond acceptors (Lipinski definition) is 3. The Labute approximate surface area is 60.0 Å². The van der Waals surface area contributed by atoms with Gasteiger partial charge in [-0.3, -0.25) is 4.79 Å². The molecule has 0 aliphatic carbocycles. The van der Waals surface area contributed by atoms with Crippen molar-refractivity contribution in [2.45, 2.75) is 32.5 Å². The third kappa shape index (κ3) is 1.70. The van der Waals surface area contributed by atoms with E-state index in [0.29, 0.717) is 6.42 Å². The van der Waals surface area contributed by atoms with Gasteiger partial charge in [0.15, 0.2) is 0 Å². The van der Waals surface area contributed by atoms with E-state index in [4.69, 9.17) is 5.11 Å². The zero-order valence-corrected chi connectivity index (χ0v) is 6.04. The highest BCUT2D eigenvalue weighted by molar-refractivity contribution is 5.72. The predicted octanol–water partition coefficient (Wildman–Crippen LogP) is 0.668. The third-order valence-corrected chi connectivity index (χ3v) is 1.74. The van der Waals surface area contributed by atoms with Crippen LogP contribution in [0.2, 0.25) is 0 Å². The van der Waals surface area contributed by atoms with Gasteiger partial charge in [0.1, 0.15) is 0 Å². The Morgan fingerprint density at radius 3 is 3.00 bits per heavy atom. The topological polar surface area (TPSA) is 46.5 Å². The number of cyclic esters (lactones) is 1. The van der Waals surface area contributed by atoms with Gasteiger partial charge in [-0.05, 0) is 12.8 Å². The lowest BCUT2D eigenvalue weighted by Gasteiger charge is -2.07. The minimum absolute atomic E-state index is 0.0443. The highest BCUT2D eigenvalue weighted by atomic mass is 16.6. The molecule has 0 aromatic carbocycles. The highest BCUT2D eigenvalue weighted by Crippen LogP contribution is 2.17. The second kappa shape index (κ2) is 3.01. The molecule has 0 amide bonds. The monoisotopic (exact) mass is 144 g/mol. The van der Waals surface area contributed by atoms with Crippen molar-refractivity contribution in [1.82, 2.24) is 0 Å². The first-order valence-electron chi connectivity index (χ1n) is 3.58. The van der Waals surface area contributed by atoms with Crippen molar-refractivity contribution in [3.8, 4) is 0 Å². The summed E-state index contributed by atoms with van der Waals surface area (Å²) in [6, 6.07) is 0. The number of aliphatic hydroxyl groups is 1. The molecule has 0 aromatic heterocycles. The predicted molar refractivity (Wildman–Crippen MR) is 35.1 cm³/mol. The van der Waals surface area contributed by atoms with Crippen LogP contribution in [0.3, 0.4) is 0 Å². The van der Waals surface area contributed by atoms with Crippen LogP contribution in [-0.2, 0) is 9.53 Å². The van der Waals surface area contributed by atoms with Crippen LogP contribution in [0.1, 0.15) is 26.2 Å². The lowest BCUT2D eigenvalue weighted by atomic mass is 10.1. The van der Waals surface area contributed by atoms with E-state index >= 15 is 0 Å². The first kappa shape index (κ1) is 7.54. The molecule has 58 valence electrons. The second-order valence-corrected chi connectivity index (χ2v) is 2.72. The average Bonchev–Trinajstić information content (AvgIpc) is 1.96. The number of carbonyl (C=O) groups excluding carboxylic acids is 1. The molecule has 0 radical (unpaired) electrons. The lowest BCUT2D eigenvalue weighted by Crippen LogP contribution is -2.18. The maximum atomic E-state index is 10.8.